The van der Waals surface area contributed by atoms with Crippen molar-refractivity contribution >= 4 is 77.2 Å². The number of nitrogens with two attached hydrogens (primary N) is 3. The summed E-state index contributed by atoms with van der Waals surface area (Å²) in [6.45, 7) is 11.3. The van der Waals surface area contributed by atoms with Gasteiger partial charge in [0, 0.05) is 61.5 Å². The highest BCUT2D eigenvalue weighted by molar-refractivity contribution is 5.99. The van der Waals surface area contributed by atoms with E-state index in [-0.39, 0.29) is 120 Å². The number of carbonyl (C=O) groups excluding carboxylic acids is 10. The first-order valence-electron chi connectivity index (χ1n) is 39.8. The van der Waals surface area contributed by atoms with Crippen molar-refractivity contribution in [3.05, 3.63) is 213 Å². The Hall–Kier alpha value is -12.8. The monoisotopic (exact) mass is 1690 g/mol. The zero-order valence-corrected chi connectivity index (χ0v) is 68.5. The van der Waals surface area contributed by atoms with E-state index >= 15 is 0 Å². The number of ether oxygens (including phenoxy) is 9. The van der Waals surface area contributed by atoms with Gasteiger partial charge in [-0.2, -0.15) is 0 Å². The fraction of sp³-hybridized carbons (Fsp3) is 0.395. The number of fused-ring (bicyclic) bond motifs is 6. The van der Waals surface area contributed by atoms with Gasteiger partial charge in [0.1, 0.15) is 56.3 Å². The Labute approximate surface area is 706 Å². The number of nitrogens with one attached hydrogen (secondary N) is 9. The molecule has 2 aliphatic rings. The van der Waals surface area contributed by atoms with Crippen molar-refractivity contribution in [2.24, 2.45) is 29.0 Å². The molecule has 0 radical (unpaired) electrons. The van der Waals surface area contributed by atoms with Gasteiger partial charge in [0.05, 0.1) is 71.0 Å². The Morgan fingerprint density at radius 1 is 0.426 bits per heavy atom. The van der Waals surface area contributed by atoms with Crippen molar-refractivity contribution in [1.82, 2.24) is 37.2 Å². The number of aliphatic hydroxyl groups excluding tert-OH is 2. The number of amides is 11. The van der Waals surface area contributed by atoms with Crippen LogP contribution in [-0.4, -0.2) is 205 Å². The van der Waals surface area contributed by atoms with E-state index in [1.165, 1.54) is 24.3 Å². The summed E-state index contributed by atoms with van der Waals surface area (Å²) < 4.78 is 47.0. The minimum atomic E-state index is -1.07. The lowest BCUT2D eigenvalue weighted by Crippen LogP contribution is -2.54. The van der Waals surface area contributed by atoms with Gasteiger partial charge in [-0.05, 0) is 130 Å². The molecule has 36 heteroatoms. The number of hydrogen-bond acceptors (Lipinski definition) is 24. The van der Waals surface area contributed by atoms with Gasteiger partial charge < -0.3 is 118 Å². The summed E-state index contributed by atoms with van der Waals surface area (Å²) in [7, 11) is 0. The number of alkyl carbamates (subject to hydrolysis) is 3. The summed E-state index contributed by atoms with van der Waals surface area (Å²) in [5.41, 5.74) is 25.9. The quantitative estimate of drug-likeness (QED) is 0.00428. The van der Waals surface area contributed by atoms with Crippen LogP contribution in [0.4, 0.5) is 45.8 Å². The molecule has 17 N–H and O–H groups in total. The van der Waals surface area contributed by atoms with E-state index in [0.717, 1.165) is 44.5 Å². The van der Waals surface area contributed by atoms with Gasteiger partial charge in [-0.15, -0.1) is 0 Å². The van der Waals surface area contributed by atoms with Crippen LogP contribution < -0.4 is 69.8 Å². The molecule has 0 saturated heterocycles. The number of non-ortho nitro benzene ring substituents is 1. The Morgan fingerprint density at radius 2 is 0.803 bits per heavy atom. The minimum absolute atomic E-state index is 0.0191. The average Bonchev–Trinajstić information content (AvgIpc) is 1.62. The van der Waals surface area contributed by atoms with Gasteiger partial charge in [-0.1, -0.05) is 149 Å². The molecular weight excluding hydrogens is 1580 g/mol. The van der Waals surface area contributed by atoms with Gasteiger partial charge in [-0.25, -0.2) is 28.8 Å². The average molecular weight is 1690 g/mol. The van der Waals surface area contributed by atoms with Crippen LogP contribution in [0.3, 0.4) is 0 Å². The van der Waals surface area contributed by atoms with Gasteiger partial charge in [0.2, 0.25) is 23.6 Å². The second-order valence-electron chi connectivity index (χ2n) is 28.3. The van der Waals surface area contributed by atoms with E-state index in [9.17, 15) is 58.1 Å². The highest BCUT2D eigenvalue weighted by Gasteiger charge is 2.35. The third-order valence-electron chi connectivity index (χ3n) is 18.7. The van der Waals surface area contributed by atoms with Gasteiger partial charge in [0.15, 0.2) is 0 Å². The number of urea groups is 2. The summed E-state index contributed by atoms with van der Waals surface area (Å²) in [4.78, 5) is 137. The topological polar surface area (TPSA) is 524 Å². The second kappa shape index (κ2) is 52.3. The standard InChI is InChI=1S/C40H42N6O10.C40H52N6O10.C6H15NO3/c1-24(2)35(45-39(50)54-23-33-31-10-5-3-8-29(31)30-9-4-6-11-32(30)33)37(48)44-34(12-7-21-42-38(41)49)36(47)43-26-15-13-25(14-16-26)22-55-40(51)56-28-19-17-27(18-20-28)46(52)53;1-26(2)35(46-40(52)56-25-33-31-10-5-3-8-29(31)30-9-4-6-11-32(30)33)37(49)45-34(12-7-17-42-38(41)50)36(48)44-28-15-13-27(14-16-28)24-55-39(51)43-18-20-53-22-23-54-21-19-47;7-1-3-9-5-6-10-4-2-8/h3-6,8-11,13-20,24,33-35H,7,12,21-23H2,1-2H3,(H,43,47)(H,44,48)(H,45,50)(H3,41,42,49);3-6,8-11,13-16,26,33-35,47H,7,12,17-25H2,1-2H3,(H,43,51)(H,44,48)(H,45,49)(H,46,52)(H3,41,42,50);8H,1-7H2/t2*34-,35-;/m00./s1. The molecule has 7 aromatic carbocycles. The first kappa shape index (κ1) is 96.3. The molecular formula is C86H109N13O23. The maximum atomic E-state index is 13.6. The number of primary amides is 2. The molecule has 2 aliphatic carbocycles. The molecule has 0 fully saturated rings. The van der Waals surface area contributed by atoms with Crippen LogP contribution >= 0.6 is 0 Å². The number of aliphatic hydroxyl groups is 2. The fourth-order valence-electron chi connectivity index (χ4n) is 12.7. The van der Waals surface area contributed by atoms with Crippen molar-refractivity contribution < 1.29 is 106 Å². The van der Waals surface area contributed by atoms with Crippen molar-refractivity contribution in [3.8, 4) is 28.0 Å². The molecule has 9 rings (SSSR count). The first-order valence-corrected chi connectivity index (χ1v) is 39.8. The maximum absolute atomic E-state index is 13.6. The van der Waals surface area contributed by atoms with Crippen LogP contribution in [0.25, 0.3) is 22.3 Å². The lowest BCUT2D eigenvalue weighted by molar-refractivity contribution is -0.384. The van der Waals surface area contributed by atoms with Gasteiger partial charge >= 0.3 is 36.5 Å². The predicted octanol–water partition coefficient (Wildman–Crippen LogP) is 8.09. The SMILES string of the molecule is CC(C)[C@H](NC(=O)OCC1c2ccccc2-c2ccccc21)C(=O)N[C@@H](CCCNC(N)=O)C(=O)Nc1ccc(COC(=O)NCCOCCOCCO)cc1.CC(C)[C@H](NC(=O)OCC1c2ccccc2-c2ccccc21)C(=O)N[C@@H](CCCNC(N)=O)C(=O)Nc1ccc(COC(=O)Oc2ccc([N+](=O)[O-])cc2)cc1.NCCOCCOCCO. The highest BCUT2D eigenvalue weighted by atomic mass is 16.7. The predicted molar refractivity (Wildman–Crippen MR) is 450 cm³/mol. The van der Waals surface area contributed by atoms with E-state index in [2.05, 4.69) is 47.9 Å². The molecule has 4 atom stereocenters. The molecule has 11 amide bonds. The van der Waals surface area contributed by atoms with Crippen molar-refractivity contribution in [1.29, 1.82) is 0 Å². The number of nitro groups is 1. The molecule has 36 nitrogen and oxygen atoms in total. The number of rotatable bonds is 45. The van der Waals surface area contributed by atoms with Crippen LogP contribution in [0.15, 0.2) is 170 Å². The van der Waals surface area contributed by atoms with Crippen molar-refractivity contribution in [2.45, 2.75) is 103 Å². The zero-order chi connectivity index (χ0) is 88.1. The largest absolute Gasteiger partial charge is 0.514 e. The molecule has 7 aromatic rings. The molecule has 0 saturated carbocycles. The summed E-state index contributed by atoms with van der Waals surface area (Å²) in [6, 6.07) is 44.1. The highest BCUT2D eigenvalue weighted by Crippen LogP contribution is 2.46. The lowest BCUT2D eigenvalue weighted by Gasteiger charge is -2.25. The van der Waals surface area contributed by atoms with E-state index in [1.54, 1.807) is 76.2 Å². The molecule has 0 spiro atoms. The number of nitrogens with zero attached hydrogens (tertiary/aromatic N) is 1. The summed E-state index contributed by atoms with van der Waals surface area (Å²) in [5.74, 6) is -3.27. The zero-order valence-electron chi connectivity index (χ0n) is 68.5. The van der Waals surface area contributed by atoms with Crippen molar-refractivity contribution in [3.63, 3.8) is 0 Å². The molecule has 0 aliphatic heterocycles. The van der Waals surface area contributed by atoms with Crippen LogP contribution in [0.2, 0.25) is 0 Å². The van der Waals surface area contributed by atoms with Crippen LogP contribution in [-0.2, 0) is 70.3 Å². The molecule has 0 unspecified atom stereocenters. The van der Waals surface area contributed by atoms with E-state index < -0.39 is 89.2 Å². The summed E-state index contributed by atoms with van der Waals surface area (Å²) >= 11 is 0. The Bertz CT molecular complexity index is 4420. The van der Waals surface area contributed by atoms with Crippen LogP contribution in [0, 0.1) is 22.0 Å². The fourth-order valence-corrected chi connectivity index (χ4v) is 12.7. The Balaban J connectivity index is 0.000000301. The van der Waals surface area contributed by atoms with Crippen molar-refractivity contribution in [2.75, 3.05) is 116 Å². The summed E-state index contributed by atoms with van der Waals surface area (Å²) in [6.07, 6.45) is -2.31. The molecule has 0 heterocycles. The maximum Gasteiger partial charge on any atom is 0.514 e. The third-order valence-corrected chi connectivity index (χ3v) is 18.7. The number of anilines is 2. The number of hydrogen-bond donors (Lipinski definition) is 14. The minimum Gasteiger partial charge on any atom is -0.449 e. The third kappa shape index (κ3) is 32.7. The van der Waals surface area contributed by atoms with E-state index in [0.29, 0.717) is 81.5 Å². The number of carbonyl (C=O) groups is 10. The second-order valence-corrected chi connectivity index (χ2v) is 28.3. The molecule has 0 bridgehead atoms. The van der Waals surface area contributed by atoms with Crippen LogP contribution in [0.1, 0.15) is 98.6 Å². The van der Waals surface area contributed by atoms with E-state index in [1.807, 2.05) is 97.1 Å². The lowest BCUT2D eigenvalue weighted by atomic mass is 9.98. The first-order chi connectivity index (χ1) is 58.9. The smallest absolute Gasteiger partial charge is 0.449 e. The number of benzene rings is 7. The van der Waals surface area contributed by atoms with E-state index in [4.69, 9.17) is 70.0 Å². The molecule has 656 valence electrons. The van der Waals surface area contributed by atoms with Gasteiger partial charge in [0.25, 0.3) is 5.69 Å². The molecule has 122 heavy (non-hydrogen) atoms. The van der Waals surface area contributed by atoms with Gasteiger partial charge in [-0.3, -0.25) is 29.3 Å². The number of nitro benzene ring substituents is 1. The van der Waals surface area contributed by atoms with Crippen LogP contribution in [0.5, 0.6) is 5.75 Å². The molecule has 0 aromatic heterocycles. The Kier molecular flexibility index (Phi) is 41.2. The Morgan fingerprint density at radius 3 is 1.17 bits per heavy atom. The summed E-state index contributed by atoms with van der Waals surface area (Å²) in [5, 5.41) is 51.7. The normalized spacial score (nSPS) is 12.5.